The Morgan fingerprint density at radius 3 is 2.03 bits per heavy atom. The van der Waals surface area contributed by atoms with Gasteiger partial charge in [-0.05, 0) is 36.8 Å². The molecule has 3 rings (SSSR count). The van der Waals surface area contributed by atoms with Crippen LogP contribution in [0.15, 0.2) is 53.3 Å². The van der Waals surface area contributed by atoms with Gasteiger partial charge in [-0.2, -0.15) is 5.10 Å². The molecule has 0 spiro atoms. The molecule has 0 aliphatic heterocycles. The van der Waals surface area contributed by atoms with Gasteiger partial charge in [-0.25, -0.2) is 4.68 Å². The van der Waals surface area contributed by atoms with Crippen molar-refractivity contribution in [2.75, 3.05) is 13.2 Å². The van der Waals surface area contributed by atoms with E-state index < -0.39 is 17.3 Å². The Morgan fingerprint density at radius 2 is 1.53 bits per heavy atom. The van der Waals surface area contributed by atoms with Crippen LogP contribution in [0, 0.1) is 0 Å². The second kappa shape index (κ2) is 11.4. The van der Waals surface area contributed by atoms with Crippen LogP contribution >= 0.6 is 40.2 Å². The topological polar surface area (TPSA) is 104 Å². The largest absolute Gasteiger partial charge is 0.463 e. The average molecular weight is 541 g/mol. The molecule has 10 heteroatoms. The predicted octanol–water partition coefficient (Wildman–Crippen LogP) is 4.17. The van der Waals surface area contributed by atoms with E-state index in [0.29, 0.717) is 32.4 Å². The molecular weight excluding hydrogens is 521 g/mol. The Hall–Kier alpha value is -2.52. The number of carbonyl (C=O) groups excluding carboxylic acids is 2. The van der Waals surface area contributed by atoms with Gasteiger partial charge in [-0.1, -0.05) is 47.5 Å². The van der Waals surface area contributed by atoms with Crippen LogP contribution in [0.4, 0.5) is 0 Å². The molecule has 0 amide bonds. The average Bonchev–Trinajstić information content (AvgIpc) is 2.75. The molecule has 0 unspecified atom stereocenters. The second-order valence-electron chi connectivity index (χ2n) is 6.62. The lowest BCUT2D eigenvalue weighted by atomic mass is 9.94. The van der Waals surface area contributed by atoms with Crippen molar-refractivity contribution in [3.8, 4) is 22.4 Å². The van der Waals surface area contributed by atoms with Gasteiger partial charge in [0.1, 0.15) is 6.61 Å². The number of esters is 1. The first kappa shape index (κ1) is 25.7. The molecule has 7 nitrogen and oxygen atoms in total. The fourth-order valence-corrected chi connectivity index (χ4v) is 3.31. The third kappa shape index (κ3) is 5.83. The number of ether oxygens (including phenoxy) is 1. The fourth-order valence-electron chi connectivity index (χ4n) is 3.06. The predicted molar refractivity (Wildman–Crippen MR) is 130 cm³/mol. The third-order valence-electron chi connectivity index (χ3n) is 4.49. The second-order valence-corrected chi connectivity index (χ2v) is 7.49. The summed E-state index contributed by atoms with van der Waals surface area (Å²) in [7, 11) is 0. The zero-order chi connectivity index (χ0) is 22.5. The maximum absolute atomic E-state index is 13.1. The Bertz CT molecular complexity index is 1180. The summed E-state index contributed by atoms with van der Waals surface area (Å²) in [5.74, 6) is -1.02. The van der Waals surface area contributed by atoms with Crippen LogP contribution in [-0.4, -0.2) is 34.7 Å². The summed E-state index contributed by atoms with van der Waals surface area (Å²) in [5, 5.41) is 5.54. The van der Waals surface area contributed by atoms with Crippen molar-refractivity contribution >= 4 is 51.9 Å². The minimum Gasteiger partial charge on any atom is -0.463 e. The molecule has 2 aromatic carbocycles. The standard InChI is InChI=1S/C22H19Cl2N3O4.BrH/c1-13(28)19-20(14-2-6-16(23)7-3-14)21(15-4-8-17(24)9-5-15)26-27(22(19)30)10-11-31-18(29)12-25;/h2-9H,10-12,25H2,1H3;1H. The molecule has 0 saturated heterocycles. The highest BCUT2D eigenvalue weighted by Crippen LogP contribution is 2.33. The molecule has 0 saturated carbocycles. The summed E-state index contributed by atoms with van der Waals surface area (Å²) < 4.78 is 6.07. The van der Waals surface area contributed by atoms with Crippen LogP contribution in [0.3, 0.4) is 0 Å². The number of halogens is 3. The van der Waals surface area contributed by atoms with E-state index in [1.807, 2.05) is 0 Å². The normalized spacial score (nSPS) is 10.4. The van der Waals surface area contributed by atoms with Crippen LogP contribution in [0.2, 0.25) is 10.0 Å². The highest BCUT2D eigenvalue weighted by atomic mass is 79.9. The zero-order valence-corrected chi connectivity index (χ0v) is 20.2. The first-order chi connectivity index (χ1) is 14.8. The van der Waals surface area contributed by atoms with Gasteiger partial charge in [0, 0.05) is 21.2 Å². The molecule has 168 valence electrons. The Labute approximate surface area is 204 Å². The number of carbonyl (C=O) groups is 2. The maximum atomic E-state index is 13.1. The van der Waals surface area contributed by atoms with Gasteiger partial charge >= 0.3 is 5.97 Å². The fraction of sp³-hybridized carbons (Fsp3) is 0.182. The van der Waals surface area contributed by atoms with Gasteiger partial charge in [0.25, 0.3) is 5.56 Å². The van der Waals surface area contributed by atoms with E-state index in [-0.39, 0.29) is 42.2 Å². The van der Waals surface area contributed by atoms with Crippen molar-refractivity contribution in [2.45, 2.75) is 13.5 Å². The summed E-state index contributed by atoms with van der Waals surface area (Å²) in [5.41, 5.74) is 6.70. The van der Waals surface area contributed by atoms with Crippen LogP contribution < -0.4 is 11.3 Å². The van der Waals surface area contributed by atoms with E-state index in [1.165, 1.54) is 6.92 Å². The van der Waals surface area contributed by atoms with E-state index >= 15 is 0 Å². The van der Waals surface area contributed by atoms with Gasteiger partial charge in [-0.3, -0.25) is 14.4 Å². The monoisotopic (exact) mass is 539 g/mol. The lowest BCUT2D eigenvalue weighted by Crippen LogP contribution is -2.32. The van der Waals surface area contributed by atoms with Crippen molar-refractivity contribution < 1.29 is 14.3 Å². The van der Waals surface area contributed by atoms with E-state index in [1.54, 1.807) is 48.5 Å². The van der Waals surface area contributed by atoms with Crippen molar-refractivity contribution in [3.05, 3.63) is 74.5 Å². The summed E-state index contributed by atoms with van der Waals surface area (Å²) in [6, 6.07) is 13.7. The number of ketones is 1. The minimum absolute atomic E-state index is 0. The maximum Gasteiger partial charge on any atom is 0.319 e. The number of benzene rings is 2. The molecule has 0 aliphatic carbocycles. The van der Waals surface area contributed by atoms with Crippen molar-refractivity contribution in [1.82, 2.24) is 9.78 Å². The summed E-state index contributed by atoms with van der Waals surface area (Å²) in [6.45, 7) is 0.903. The van der Waals surface area contributed by atoms with E-state index in [4.69, 9.17) is 33.7 Å². The number of aromatic nitrogens is 2. The van der Waals surface area contributed by atoms with Crippen molar-refractivity contribution in [2.24, 2.45) is 5.73 Å². The first-order valence-corrected chi connectivity index (χ1v) is 10.1. The molecule has 0 radical (unpaired) electrons. The highest BCUT2D eigenvalue weighted by molar-refractivity contribution is 8.93. The molecule has 1 heterocycles. The van der Waals surface area contributed by atoms with Crippen molar-refractivity contribution in [3.63, 3.8) is 0 Å². The lowest BCUT2D eigenvalue weighted by Gasteiger charge is -2.16. The highest BCUT2D eigenvalue weighted by Gasteiger charge is 2.23. The van der Waals surface area contributed by atoms with Crippen LogP contribution in [-0.2, 0) is 16.1 Å². The van der Waals surface area contributed by atoms with E-state index in [0.717, 1.165) is 4.68 Å². The SMILES string of the molecule is Br.CC(=O)c1c(-c2ccc(Cl)cc2)c(-c2ccc(Cl)cc2)nn(CCOC(=O)CN)c1=O. The minimum atomic E-state index is -0.601. The molecule has 1 aromatic heterocycles. The molecule has 32 heavy (non-hydrogen) atoms. The molecule has 0 fully saturated rings. The quantitative estimate of drug-likeness (QED) is 0.356. The summed E-state index contributed by atoms with van der Waals surface area (Å²) >= 11 is 12.0. The van der Waals surface area contributed by atoms with Gasteiger partial charge in [0.05, 0.1) is 24.3 Å². The van der Waals surface area contributed by atoms with Crippen molar-refractivity contribution in [1.29, 1.82) is 0 Å². The Kier molecular flexibility index (Phi) is 9.15. The number of nitrogens with two attached hydrogens (primary N) is 1. The Morgan fingerprint density at radius 1 is 1.00 bits per heavy atom. The van der Waals surface area contributed by atoms with Gasteiger partial charge < -0.3 is 10.5 Å². The summed E-state index contributed by atoms with van der Waals surface area (Å²) in [4.78, 5) is 37.0. The van der Waals surface area contributed by atoms with Gasteiger partial charge in [0.15, 0.2) is 5.78 Å². The number of Topliss-reactive ketones (excluding diaryl/α,β-unsaturated/α-hetero) is 1. The smallest absolute Gasteiger partial charge is 0.319 e. The van der Waals surface area contributed by atoms with Gasteiger partial charge in [0.2, 0.25) is 0 Å². The molecular formula is C22H20BrCl2N3O4. The van der Waals surface area contributed by atoms with E-state index in [2.05, 4.69) is 5.10 Å². The molecule has 0 aliphatic rings. The number of nitrogens with zero attached hydrogens (tertiary/aromatic N) is 2. The number of rotatable bonds is 7. The molecule has 0 atom stereocenters. The molecule has 2 N–H and O–H groups in total. The van der Waals surface area contributed by atoms with Crippen LogP contribution in [0.1, 0.15) is 17.3 Å². The molecule has 3 aromatic rings. The zero-order valence-electron chi connectivity index (χ0n) is 17.0. The van der Waals surface area contributed by atoms with Crippen LogP contribution in [0.25, 0.3) is 22.4 Å². The van der Waals surface area contributed by atoms with E-state index in [9.17, 15) is 14.4 Å². The summed E-state index contributed by atoms with van der Waals surface area (Å²) in [6.07, 6.45) is 0. The number of hydrogen-bond acceptors (Lipinski definition) is 6. The molecule has 0 bridgehead atoms. The first-order valence-electron chi connectivity index (χ1n) is 9.35. The third-order valence-corrected chi connectivity index (χ3v) is 5.00. The van der Waals surface area contributed by atoms with Gasteiger partial charge in [-0.15, -0.1) is 17.0 Å². The Balaban J connectivity index is 0.00000363. The lowest BCUT2D eigenvalue weighted by molar-refractivity contribution is -0.142. The number of hydrogen-bond donors (Lipinski definition) is 1. The van der Waals surface area contributed by atoms with Crippen LogP contribution in [0.5, 0.6) is 0 Å².